The fourth-order valence-corrected chi connectivity index (χ4v) is 1.62. The van der Waals surface area contributed by atoms with Crippen molar-refractivity contribution in [1.29, 1.82) is 0 Å². The molecule has 0 N–H and O–H groups in total. The fourth-order valence-electron chi connectivity index (χ4n) is 1.35. The van der Waals surface area contributed by atoms with Gasteiger partial charge in [0, 0.05) is 0 Å². The van der Waals surface area contributed by atoms with Crippen LogP contribution in [0.4, 0.5) is 0 Å². The van der Waals surface area contributed by atoms with Crippen LogP contribution >= 0.6 is 12.2 Å². The van der Waals surface area contributed by atoms with Crippen LogP contribution in [0, 0.1) is 0 Å². The van der Waals surface area contributed by atoms with Crippen molar-refractivity contribution < 1.29 is 0 Å². The molecule has 0 bridgehead atoms. The fraction of sp³-hybridized carbons (Fsp3) is 0. The minimum absolute atomic E-state index is 0.909. The van der Waals surface area contributed by atoms with E-state index in [0.717, 1.165) is 16.0 Å². The molecule has 0 aromatic heterocycles. The van der Waals surface area contributed by atoms with Gasteiger partial charge >= 0.3 is 0 Å². The predicted octanol–water partition coefficient (Wildman–Crippen LogP) is 3.45. The van der Waals surface area contributed by atoms with Gasteiger partial charge in [-0.3, -0.25) is 0 Å². The van der Waals surface area contributed by atoms with Crippen LogP contribution in [0.15, 0.2) is 60.7 Å². The maximum absolute atomic E-state index is 5.39. The molecular weight excluding hydrogens is 188 g/mol. The molecule has 0 aliphatic carbocycles. The summed E-state index contributed by atoms with van der Waals surface area (Å²) < 4.78 is 0. The highest BCUT2D eigenvalue weighted by molar-refractivity contribution is 7.81. The third kappa shape index (κ3) is 1.88. The Hall–Kier alpha value is -1.47. The van der Waals surface area contributed by atoms with Gasteiger partial charge in [0.2, 0.25) is 0 Å². The van der Waals surface area contributed by atoms with Gasteiger partial charge in [-0.15, -0.1) is 0 Å². The van der Waals surface area contributed by atoms with Gasteiger partial charge in [-0.2, -0.15) is 0 Å². The lowest BCUT2D eigenvalue weighted by Crippen LogP contribution is -1.98. The Kier molecular flexibility index (Phi) is 2.70. The highest BCUT2D eigenvalue weighted by Crippen LogP contribution is 2.10. The molecule has 1 heteroatoms. The lowest BCUT2D eigenvalue weighted by atomic mass is 10.1. The number of rotatable bonds is 2. The van der Waals surface area contributed by atoms with E-state index in [-0.39, 0.29) is 0 Å². The Morgan fingerprint density at radius 1 is 0.643 bits per heavy atom. The average molecular weight is 198 g/mol. The first kappa shape index (κ1) is 9.10. The van der Waals surface area contributed by atoms with E-state index in [1.54, 1.807) is 0 Å². The van der Waals surface area contributed by atoms with Crippen molar-refractivity contribution in [2.45, 2.75) is 0 Å². The summed E-state index contributed by atoms with van der Waals surface area (Å²) in [5.74, 6) is 0. The summed E-state index contributed by atoms with van der Waals surface area (Å²) >= 11 is 5.39. The third-order valence-electron chi connectivity index (χ3n) is 2.07. The summed E-state index contributed by atoms with van der Waals surface area (Å²) in [4.78, 5) is 0.909. The highest BCUT2D eigenvalue weighted by atomic mass is 32.1. The third-order valence-corrected chi connectivity index (χ3v) is 2.54. The van der Waals surface area contributed by atoms with E-state index in [1.165, 1.54) is 0 Å². The quantitative estimate of drug-likeness (QED) is 0.526. The van der Waals surface area contributed by atoms with Gasteiger partial charge in [0.1, 0.15) is 0 Å². The van der Waals surface area contributed by atoms with Crippen LogP contribution < -0.4 is 0 Å². The van der Waals surface area contributed by atoms with Crippen molar-refractivity contribution in [2.24, 2.45) is 0 Å². The number of benzene rings is 2. The first-order valence-corrected chi connectivity index (χ1v) is 4.93. The smallest absolute Gasteiger partial charge is 0.0521 e. The predicted molar refractivity (Wildman–Crippen MR) is 63.7 cm³/mol. The lowest BCUT2D eigenvalue weighted by Gasteiger charge is -2.02. The molecule has 0 heterocycles. The lowest BCUT2D eigenvalue weighted by molar-refractivity contribution is 1.62. The minimum Gasteiger partial charge on any atom is -0.0788 e. The van der Waals surface area contributed by atoms with E-state index in [4.69, 9.17) is 12.2 Å². The molecule has 0 nitrogen and oxygen atoms in total. The summed E-state index contributed by atoms with van der Waals surface area (Å²) in [6, 6.07) is 20.2. The van der Waals surface area contributed by atoms with E-state index in [9.17, 15) is 0 Å². The number of thiocarbonyl (C=S) groups is 1. The molecule has 2 aromatic rings. The zero-order valence-electron chi connectivity index (χ0n) is 7.68. The standard InChI is InChI=1S/C13H10S/c14-13(11-7-3-1-4-8-11)12-9-5-2-6-10-12/h1-10H. The van der Waals surface area contributed by atoms with Crippen LogP contribution in [0.2, 0.25) is 0 Å². The van der Waals surface area contributed by atoms with Crippen LogP contribution in [0.5, 0.6) is 0 Å². The van der Waals surface area contributed by atoms with E-state index < -0.39 is 0 Å². The van der Waals surface area contributed by atoms with Crippen molar-refractivity contribution >= 4 is 17.1 Å². The van der Waals surface area contributed by atoms with Crippen molar-refractivity contribution in [3.05, 3.63) is 71.8 Å². The van der Waals surface area contributed by atoms with Gasteiger partial charge in [0.05, 0.1) is 4.86 Å². The Bertz CT molecular complexity index is 376. The number of hydrogen-bond donors (Lipinski definition) is 0. The molecule has 2 rings (SSSR count). The molecule has 0 radical (unpaired) electrons. The molecule has 14 heavy (non-hydrogen) atoms. The Morgan fingerprint density at radius 2 is 1.00 bits per heavy atom. The monoisotopic (exact) mass is 198 g/mol. The Balaban J connectivity index is 2.35. The summed E-state index contributed by atoms with van der Waals surface area (Å²) in [6.07, 6.45) is 0. The minimum atomic E-state index is 0.909. The highest BCUT2D eigenvalue weighted by Gasteiger charge is 2.01. The van der Waals surface area contributed by atoms with Crippen LogP contribution in [-0.4, -0.2) is 4.86 Å². The van der Waals surface area contributed by atoms with Gasteiger partial charge in [-0.1, -0.05) is 72.9 Å². The molecule has 0 saturated carbocycles. The van der Waals surface area contributed by atoms with E-state index in [2.05, 4.69) is 0 Å². The molecule has 0 unspecified atom stereocenters. The van der Waals surface area contributed by atoms with E-state index in [1.807, 2.05) is 60.7 Å². The van der Waals surface area contributed by atoms with Crippen LogP contribution in [0.1, 0.15) is 11.1 Å². The maximum Gasteiger partial charge on any atom is 0.0521 e. The number of hydrogen-bond acceptors (Lipinski definition) is 1. The second-order valence-electron chi connectivity index (χ2n) is 3.06. The summed E-state index contributed by atoms with van der Waals surface area (Å²) in [6.45, 7) is 0. The molecule has 0 atom stereocenters. The summed E-state index contributed by atoms with van der Waals surface area (Å²) in [5.41, 5.74) is 2.21. The molecule has 68 valence electrons. The molecule has 0 spiro atoms. The molecule has 0 fully saturated rings. The summed E-state index contributed by atoms with van der Waals surface area (Å²) in [7, 11) is 0. The zero-order chi connectivity index (χ0) is 9.80. The van der Waals surface area contributed by atoms with Gasteiger partial charge in [-0.25, -0.2) is 0 Å². The first-order chi connectivity index (χ1) is 6.88. The molecule has 2 aromatic carbocycles. The summed E-state index contributed by atoms with van der Waals surface area (Å²) in [5, 5.41) is 0. The second kappa shape index (κ2) is 4.16. The maximum atomic E-state index is 5.39. The van der Waals surface area contributed by atoms with Crippen LogP contribution in [0.3, 0.4) is 0 Å². The molecule has 0 saturated heterocycles. The Morgan fingerprint density at radius 3 is 1.36 bits per heavy atom. The topological polar surface area (TPSA) is 0 Å². The normalized spacial score (nSPS) is 9.71. The largest absolute Gasteiger partial charge is 0.0788 e. The van der Waals surface area contributed by atoms with Crippen LogP contribution in [-0.2, 0) is 0 Å². The van der Waals surface area contributed by atoms with E-state index in [0.29, 0.717) is 0 Å². The van der Waals surface area contributed by atoms with Crippen molar-refractivity contribution in [2.75, 3.05) is 0 Å². The first-order valence-electron chi connectivity index (χ1n) is 4.53. The van der Waals surface area contributed by atoms with Gasteiger partial charge in [0.25, 0.3) is 0 Å². The molecular formula is C13H10S. The second-order valence-corrected chi connectivity index (χ2v) is 3.47. The zero-order valence-corrected chi connectivity index (χ0v) is 8.50. The van der Waals surface area contributed by atoms with E-state index >= 15 is 0 Å². The Labute approximate surface area is 89.2 Å². The van der Waals surface area contributed by atoms with Gasteiger partial charge < -0.3 is 0 Å². The average Bonchev–Trinajstić information content (AvgIpc) is 2.30. The SMILES string of the molecule is S=C(c1ccccc1)c1ccccc1. The van der Waals surface area contributed by atoms with Crippen molar-refractivity contribution in [3.8, 4) is 0 Å². The van der Waals surface area contributed by atoms with Crippen molar-refractivity contribution in [3.63, 3.8) is 0 Å². The van der Waals surface area contributed by atoms with Crippen LogP contribution in [0.25, 0.3) is 0 Å². The molecule has 0 aliphatic rings. The molecule has 0 amide bonds. The molecule has 0 aliphatic heterocycles. The van der Waals surface area contributed by atoms with Crippen molar-refractivity contribution in [1.82, 2.24) is 0 Å². The van der Waals surface area contributed by atoms with Gasteiger partial charge in [-0.05, 0) is 11.1 Å². The van der Waals surface area contributed by atoms with Gasteiger partial charge in [0.15, 0.2) is 0 Å².